The Morgan fingerprint density at radius 1 is 0.912 bits per heavy atom. The van der Waals surface area contributed by atoms with Gasteiger partial charge in [0, 0.05) is 29.8 Å². The summed E-state index contributed by atoms with van der Waals surface area (Å²) in [6.45, 7) is 0. The Morgan fingerprint density at radius 2 is 1.47 bits per heavy atom. The van der Waals surface area contributed by atoms with Crippen molar-refractivity contribution in [3.8, 4) is 0 Å². The molecule has 2 aromatic rings. The van der Waals surface area contributed by atoms with Gasteiger partial charge in [0.1, 0.15) is 18.1 Å². The molecule has 1 aromatic heterocycles. The van der Waals surface area contributed by atoms with E-state index >= 15 is 0 Å². The van der Waals surface area contributed by atoms with Crippen LogP contribution >= 0.6 is 25.3 Å². The van der Waals surface area contributed by atoms with Crippen molar-refractivity contribution in [3.63, 3.8) is 0 Å². The lowest BCUT2D eigenvalue weighted by molar-refractivity contribution is -0.142. The molecule has 11 nitrogen and oxygen atoms in total. The first-order chi connectivity index (χ1) is 16.2. The largest absolute Gasteiger partial charge is 0.480 e. The van der Waals surface area contributed by atoms with Gasteiger partial charge in [0.25, 0.3) is 0 Å². The predicted molar refractivity (Wildman–Crippen MR) is 132 cm³/mol. The van der Waals surface area contributed by atoms with Crippen LogP contribution < -0.4 is 21.7 Å². The van der Waals surface area contributed by atoms with E-state index in [0.717, 1.165) is 5.56 Å². The number of carboxylic acids is 1. The van der Waals surface area contributed by atoms with Crippen molar-refractivity contribution in [2.45, 2.75) is 37.0 Å². The number of benzene rings is 1. The Hall–Kier alpha value is -3.03. The van der Waals surface area contributed by atoms with Crippen LogP contribution in [-0.4, -0.2) is 74.4 Å². The number of nitrogens with one attached hydrogen (secondary N) is 4. The zero-order valence-electron chi connectivity index (χ0n) is 18.2. The van der Waals surface area contributed by atoms with Crippen LogP contribution in [-0.2, 0) is 32.0 Å². The summed E-state index contributed by atoms with van der Waals surface area (Å²) in [7, 11) is 0. The third-order valence-corrected chi connectivity index (χ3v) is 5.59. The van der Waals surface area contributed by atoms with E-state index in [9.17, 15) is 24.3 Å². The Bertz CT molecular complexity index is 960. The van der Waals surface area contributed by atoms with E-state index in [1.165, 1.54) is 12.5 Å². The Balaban J connectivity index is 1.94. The highest BCUT2D eigenvalue weighted by molar-refractivity contribution is 7.80. The molecule has 0 aliphatic rings. The summed E-state index contributed by atoms with van der Waals surface area (Å²) in [6, 6.07) is 4.84. The number of amides is 3. The zero-order chi connectivity index (χ0) is 25.1. The number of carbonyl (C=O) groups excluding carboxylic acids is 3. The Morgan fingerprint density at radius 3 is 1.97 bits per heavy atom. The maximum atomic E-state index is 12.7. The lowest BCUT2D eigenvalue weighted by Gasteiger charge is -2.23. The molecule has 0 fully saturated rings. The molecule has 184 valence electrons. The van der Waals surface area contributed by atoms with Crippen LogP contribution in [0.5, 0.6) is 0 Å². The van der Waals surface area contributed by atoms with Crippen LogP contribution in [0.4, 0.5) is 0 Å². The van der Waals surface area contributed by atoms with Gasteiger partial charge in [-0.2, -0.15) is 25.3 Å². The molecule has 3 amide bonds. The molecule has 4 atom stereocenters. The summed E-state index contributed by atoms with van der Waals surface area (Å²) in [5, 5.41) is 16.8. The molecular weight excluding hydrogens is 480 g/mol. The summed E-state index contributed by atoms with van der Waals surface area (Å²) in [6.07, 6.45) is 3.10. The molecule has 0 saturated carbocycles. The summed E-state index contributed by atoms with van der Waals surface area (Å²) in [5.41, 5.74) is 7.34. The fraction of sp³-hybridized carbons (Fsp3) is 0.381. The molecule has 0 bridgehead atoms. The summed E-state index contributed by atoms with van der Waals surface area (Å²) in [4.78, 5) is 55.9. The number of hydrogen-bond donors (Lipinski definition) is 8. The van der Waals surface area contributed by atoms with Gasteiger partial charge in [0.2, 0.25) is 17.7 Å². The number of carbonyl (C=O) groups is 4. The first kappa shape index (κ1) is 27.2. The van der Waals surface area contributed by atoms with Crippen LogP contribution in [0.1, 0.15) is 11.3 Å². The first-order valence-electron chi connectivity index (χ1n) is 10.4. The SMILES string of the molecule is NC(Cc1ccccc1)C(=O)NC(CS)C(=O)NC(CS)C(=O)NC(Cc1cnc[nH]1)C(=O)O. The van der Waals surface area contributed by atoms with Crippen molar-refractivity contribution in [3.05, 3.63) is 54.1 Å². The fourth-order valence-corrected chi connectivity index (χ4v) is 3.50. The smallest absolute Gasteiger partial charge is 0.326 e. The second kappa shape index (κ2) is 13.6. The van der Waals surface area contributed by atoms with Gasteiger partial charge in [-0.15, -0.1) is 0 Å². The molecule has 0 saturated heterocycles. The zero-order valence-corrected chi connectivity index (χ0v) is 20.0. The number of imidazole rings is 1. The molecular formula is C21H28N6O5S2. The van der Waals surface area contributed by atoms with E-state index in [1.807, 2.05) is 30.3 Å². The molecule has 13 heteroatoms. The lowest BCUT2D eigenvalue weighted by Crippen LogP contribution is -2.58. The van der Waals surface area contributed by atoms with Gasteiger partial charge in [-0.3, -0.25) is 14.4 Å². The van der Waals surface area contributed by atoms with E-state index in [0.29, 0.717) is 5.69 Å². The van der Waals surface area contributed by atoms with Crippen molar-refractivity contribution in [1.29, 1.82) is 0 Å². The van der Waals surface area contributed by atoms with Gasteiger partial charge >= 0.3 is 5.97 Å². The van der Waals surface area contributed by atoms with Crippen LogP contribution in [0, 0.1) is 0 Å². The summed E-state index contributed by atoms with van der Waals surface area (Å²) in [5.74, 6) is -3.36. The highest BCUT2D eigenvalue weighted by Crippen LogP contribution is 2.04. The number of aliphatic carboxylic acids is 1. The van der Waals surface area contributed by atoms with Crippen LogP contribution in [0.3, 0.4) is 0 Å². The average Bonchev–Trinajstić information content (AvgIpc) is 3.33. The fourth-order valence-electron chi connectivity index (χ4n) is 2.99. The van der Waals surface area contributed by atoms with Crippen molar-refractivity contribution in [2.24, 2.45) is 5.73 Å². The van der Waals surface area contributed by atoms with Crippen molar-refractivity contribution in [1.82, 2.24) is 25.9 Å². The molecule has 0 aliphatic carbocycles. The number of nitrogens with two attached hydrogens (primary N) is 1. The first-order valence-corrected chi connectivity index (χ1v) is 11.6. The number of aromatic nitrogens is 2. The minimum Gasteiger partial charge on any atom is -0.480 e. The molecule has 1 aromatic carbocycles. The quantitative estimate of drug-likeness (QED) is 0.159. The van der Waals surface area contributed by atoms with Crippen LogP contribution in [0.15, 0.2) is 42.9 Å². The normalized spacial score (nSPS) is 14.3. The Labute approximate surface area is 207 Å². The number of H-pyrrole nitrogens is 1. The van der Waals surface area contributed by atoms with Gasteiger partial charge in [-0.25, -0.2) is 9.78 Å². The number of thiol groups is 2. The van der Waals surface area contributed by atoms with E-state index in [2.05, 4.69) is 51.2 Å². The number of nitrogens with zero attached hydrogens (tertiary/aromatic N) is 1. The minimum atomic E-state index is -1.25. The van der Waals surface area contributed by atoms with E-state index < -0.39 is 47.9 Å². The molecule has 1 heterocycles. The third-order valence-electron chi connectivity index (χ3n) is 4.86. The minimum absolute atomic E-state index is 0.0249. The maximum Gasteiger partial charge on any atom is 0.326 e. The number of rotatable bonds is 13. The molecule has 7 N–H and O–H groups in total. The lowest BCUT2D eigenvalue weighted by atomic mass is 10.1. The number of hydrogen-bond acceptors (Lipinski definition) is 8. The second-order valence-electron chi connectivity index (χ2n) is 7.46. The standard InChI is InChI=1S/C21H28N6O5S2/c22-14(6-12-4-2-1-3-5-12)18(28)26-16(9-33)20(30)27-17(10-34)19(29)25-15(21(31)32)7-13-8-23-11-24-13/h1-5,8,11,14-17,33-34H,6-7,9-10,22H2,(H,23,24)(H,25,29)(H,26,28)(H,27,30)(H,31,32). The maximum absolute atomic E-state index is 12.7. The van der Waals surface area contributed by atoms with Crippen molar-refractivity contribution < 1.29 is 24.3 Å². The van der Waals surface area contributed by atoms with E-state index in [1.54, 1.807) is 0 Å². The van der Waals surface area contributed by atoms with Gasteiger partial charge in [0.05, 0.1) is 12.4 Å². The van der Waals surface area contributed by atoms with Gasteiger partial charge in [-0.05, 0) is 12.0 Å². The van der Waals surface area contributed by atoms with Gasteiger partial charge in [0.15, 0.2) is 0 Å². The van der Waals surface area contributed by atoms with E-state index in [4.69, 9.17) is 5.73 Å². The molecule has 4 unspecified atom stereocenters. The summed E-state index contributed by atoms with van der Waals surface area (Å²) < 4.78 is 0. The highest BCUT2D eigenvalue weighted by Gasteiger charge is 2.29. The van der Waals surface area contributed by atoms with E-state index in [-0.39, 0.29) is 24.3 Å². The Kier molecular flexibility index (Phi) is 10.9. The molecule has 34 heavy (non-hydrogen) atoms. The monoisotopic (exact) mass is 508 g/mol. The summed E-state index contributed by atoms with van der Waals surface area (Å²) >= 11 is 8.19. The number of carboxylic acid groups (broad SMARTS) is 1. The highest BCUT2D eigenvalue weighted by atomic mass is 32.1. The average molecular weight is 509 g/mol. The van der Waals surface area contributed by atoms with Crippen LogP contribution in [0.2, 0.25) is 0 Å². The molecule has 2 rings (SSSR count). The molecule has 0 aliphatic heterocycles. The van der Waals surface area contributed by atoms with Crippen molar-refractivity contribution in [2.75, 3.05) is 11.5 Å². The van der Waals surface area contributed by atoms with Gasteiger partial charge in [-0.1, -0.05) is 30.3 Å². The molecule has 0 radical (unpaired) electrons. The second-order valence-corrected chi connectivity index (χ2v) is 8.19. The predicted octanol–water partition coefficient (Wildman–Crippen LogP) is -1.08. The molecule has 0 spiro atoms. The van der Waals surface area contributed by atoms with Crippen LogP contribution in [0.25, 0.3) is 0 Å². The topological polar surface area (TPSA) is 179 Å². The number of aromatic amines is 1. The van der Waals surface area contributed by atoms with Gasteiger partial charge < -0.3 is 31.8 Å². The van der Waals surface area contributed by atoms with Crippen molar-refractivity contribution >= 4 is 48.9 Å². The third kappa shape index (κ3) is 8.39.